The fourth-order valence-corrected chi connectivity index (χ4v) is 1.96. The van der Waals surface area contributed by atoms with E-state index in [1.165, 1.54) is 42.5 Å². The maximum Gasteiger partial charge on any atom is 0.339 e. The van der Waals surface area contributed by atoms with E-state index >= 15 is 0 Å². The van der Waals surface area contributed by atoms with Gasteiger partial charge in [-0.2, -0.15) is 0 Å². The molecule has 0 radical (unpaired) electrons. The van der Waals surface area contributed by atoms with E-state index in [0.717, 1.165) is 0 Å². The first-order chi connectivity index (χ1) is 11.9. The highest BCUT2D eigenvalue weighted by Crippen LogP contribution is 2.18. The fourth-order valence-electron chi connectivity index (χ4n) is 1.96. The summed E-state index contributed by atoms with van der Waals surface area (Å²) in [6.07, 6.45) is -0.372. The summed E-state index contributed by atoms with van der Waals surface area (Å²) >= 11 is 0. The van der Waals surface area contributed by atoms with Crippen molar-refractivity contribution in [1.29, 1.82) is 0 Å². The number of nitro benzene ring substituents is 2. The molecule has 0 amide bonds. The summed E-state index contributed by atoms with van der Waals surface area (Å²) in [6, 6.07) is 11.0. The lowest BCUT2D eigenvalue weighted by molar-refractivity contribution is -0.385. The van der Waals surface area contributed by atoms with E-state index in [9.17, 15) is 25.0 Å². The fraction of sp³-hybridized carbons (Fsp3) is 0.0667. The van der Waals surface area contributed by atoms with Crippen molar-refractivity contribution in [2.24, 2.45) is 10.9 Å². The Morgan fingerprint density at radius 3 is 2.48 bits per heavy atom. The van der Waals surface area contributed by atoms with Crippen LogP contribution in [0, 0.1) is 20.2 Å². The summed E-state index contributed by atoms with van der Waals surface area (Å²) in [6.45, 7) is 0. The third-order valence-corrected chi connectivity index (χ3v) is 3.12. The highest BCUT2D eigenvalue weighted by molar-refractivity contribution is 5.98. The molecule has 128 valence electrons. The van der Waals surface area contributed by atoms with Crippen LogP contribution in [-0.4, -0.2) is 21.7 Å². The van der Waals surface area contributed by atoms with Crippen LogP contribution in [-0.2, 0) is 16.1 Å². The van der Waals surface area contributed by atoms with Gasteiger partial charge in [0.05, 0.1) is 16.3 Å². The molecular formula is C15H12N4O6. The van der Waals surface area contributed by atoms with E-state index in [2.05, 4.69) is 9.99 Å². The molecule has 0 aliphatic carbocycles. The number of oxime groups is 1. The maximum atomic E-state index is 11.8. The van der Waals surface area contributed by atoms with Crippen LogP contribution < -0.4 is 5.73 Å². The highest BCUT2D eigenvalue weighted by Gasteiger charge is 2.17. The quantitative estimate of drug-likeness (QED) is 0.276. The molecule has 2 aromatic rings. The number of nitro groups is 2. The molecule has 2 N–H and O–H groups in total. The zero-order valence-corrected chi connectivity index (χ0v) is 12.7. The van der Waals surface area contributed by atoms with Crippen LogP contribution in [0.3, 0.4) is 0 Å². The van der Waals surface area contributed by atoms with Gasteiger partial charge in [-0.1, -0.05) is 35.5 Å². The minimum absolute atomic E-state index is 0.168. The molecule has 0 spiro atoms. The standard InChI is InChI=1S/C15H12N4O6/c16-15(11-5-3-6-12(8-11)18(21)22)17-25-14(20)9-10-4-1-2-7-13(10)19(23)24/h1-8H,9H2,(H2,16,17). The van der Waals surface area contributed by atoms with E-state index in [0.29, 0.717) is 0 Å². The summed E-state index contributed by atoms with van der Waals surface area (Å²) < 4.78 is 0. The lowest BCUT2D eigenvalue weighted by Gasteiger charge is -2.02. The molecule has 0 aliphatic heterocycles. The molecule has 0 bridgehead atoms. The number of carbonyl (C=O) groups excluding carboxylic acids is 1. The third kappa shape index (κ3) is 4.58. The van der Waals surface area contributed by atoms with E-state index in [-0.39, 0.29) is 34.8 Å². The average Bonchev–Trinajstić information content (AvgIpc) is 2.60. The number of non-ortho nitro benzene ring substituents is 1. The van der Waals surface area contributed by atoms with Gasteiger partial charge in [0.15, 0.2) is 5.84 Å². The highest BCUT2D eigenvalue weighted by atomic mass is 16.7. The first kappa shape index (κ1) is 17.5. The van der Waals surface area contributed by atoms with Gasteiger partial charge in [0, 0.05) is 29.3 Å². The molecule has 2 rings (SSSR count). The molecule has 0 aliphatic rings. The van der Waals surface area contributed by atoms with Gasteiger partial charge in [0.25, 0.3) is 11.4 Å². The Labute approximate surface area is 140 Å². The van der Waals surface area contributed by atoms with Crippen LogP contribution in [0.1, 0.15) is 11.1 Å². The van der Waals surface area contributed by atoms with Gasteiger partial charge in [-0.25, -0.2) is 4.79 Å². The zero-order chi connectivity index (χ0) is 18.4. The molecule has 10 nitrogen and oxygen atoms in total. The Morgan fingerprint density at radius 1 is 1.08 bits per heavy atom. The molecule has 0 fully saturated rings. The number of para-hydroxylation sites is 1. The minimum Gasteiger partial charge on any atom is -0.380 e. The van der Waals surface area contributed by atoms with Gasteiger partial charge < -0.3 is 10.6 Å². The predicted molar refractivity (Wildman–Crippen MR) is 86.7 cm³/mol. The molecule has 0 unspecified atom stereocenters. The Hall–Kier alpha value is -3.82. The second-order valence-corrected chi connectivity index (χ2v) is 4.81. The van der Waals surface area contributed by atoms with Gasteiger partial charge in [-0.15, -0.1) is 0 Å². The summed E-state index contributed by atoms with van der Waals surface area (Å²) in [5, 5.41) is 25.0. The molecule has 2 aromatic carbocycles. The van der Waals surface area contributed by atoms with Gasteiger partial charge in [-0.3, -0.25) is 20.2 Å². The Bertz CT molecular complexity index is 865. The lowest BCUT2D eigenvalue weighted by Crippen LogP contribution is -2.16. The van der Waals surface area contributed by atoms with Crippen molar-refractivity contribution in [2.45, 2.75) is 6.42 Å². The second kappa shape index (κ2) is 7.64. The van der Waals surface area contributed by atoms with E-state index in [1.54, 1.807) is 6.07 Å². The van der Waals surface area contributed by atoms with Gasteiger partial charge in [0.1, 0.15) is 0 Å². The predicted octanol–water partition coefficient (Wildman–Crippen LogP) is 1.91. The number of nitrogens with two attached hydrogens (primary N) is 1. The van der Waals surface area contributed by atoms with Crippen LogP contribution in [0.15, 0.2) is 53.7 Å². The molecule has 0 atom stereocenters. The van der Waals surface area contributed by atoms with Crippen molar-refractivity contribution in [3.8, 4) is 0 Å². The summed E-state index contributed by atoms with van der Waals surface area (Å²) in [7, 11) is 0. The van der Waals surface area contributed by atoms with Crippen molar-refractivity contribution in [1.82, 2.24) is 0 Å². The average molecular weight is 344 g/mol. The van der Waals surface area contributed by atoms with Gasteiger partial charge in [0.2, 0.25) is 0 Å². The van der Waals surface area contributed by atoms with Crippen molar-refractivity contribution >= 4 is 23.2 Å². The zero-order valence-electron chi connectivity index (χ0n) is 12.7. The SMILES string of the molecule is N/C(=N\OC(=O)Cc1ccccc1[N+](=O)[O-])c1cccc([N+](=O)[O-])c1. The number of hydrogen-bond acceptors (Lipinski definition) is 7. The number of rotatable bonds is 6. The number of carbonyl (C=O) groups is 1. The van der Waals surface area contributed by atoms with Crippen LogP contribution in [0.25, 0.3) is 0 Å². The van der Waals surface area contributed by atoms with E-state index in [1.807, 2.05) is 0 Å². The first-order valence-corrected chi connectivity index (χ1v) is 6.89. The van der Waals surface area contributed by atoms with E-state index < -0.39 is 15.8 Å². The molecular weight excluding hydrogens is 332 g/mol. The normalized spacial score (nSPS) is 11.0. The van der Waals surface area contributed by atoms with E-state index in [4.69, 9.17) is 5.73 Å². The third-order valence-electron chi connectivity index (χ3n) is 3.12. The summed E-state index contributed by atoms with van der Waals surface area (Å²) in [5.41, 5.74) is 5.59. The first-order valence-electron chi connectivity index (χ1n) is 6.89. The van der Waals surface area contributed by atoms with Crippen LogP contribution in [0.4, 0.5) is 11.4 Å². The Morgan fingerprint density at radius 2 is 1.80 bits per heavy atom. The number of hydrogen-bond donors (Lipinski definition) is 1. The topological polar surface area (TPSA) is 151 Å². The number of benzene rings is 2. The van der Waals surface area contributed by atoms with Crippen LogP contribution in [0.2, 0.25) is 0 Å². The van der Waals surface area contributed by atoms with Crippen LogP contribution in [0.5, 0.6) is 0 Å². The van der Waals surface area contributed by atoms with Crippen LogP contribution >= 0.6 is 0 Å². The Kier molecular flexibility index (Phi) is 5.36. The van der Waals surface area contributed by atoms with Crippen molar-refractivity contribution in [3.05, 3.63) is 79.9 Å². The molecule has 25 heavy (non-hydrogen) atoms. The summed E-state index contributed by atoms with van der Waals surface area (Å²) in [5.74, 6) is -1.10. The Balaban J connectivity index is 2.08. The minimum atomic E-state index is -0.859. The van der Waals surface area contributed by atoms with Gasteiger partial charge in [-0.05, 0) is 0 Å². The molecule has 10 heteroatoms. The molecule has 0 aromatic heterocycles. The van der Waals surface area contributed by atoms with Crippen molar-refractivity contribution < 1.29 is 19.5 Å². The maximum absolute atomic E-state index is 11.8. The molecule has 0 heterocycles. The van der Waals surface area contributed by atoms with Crippen molar-refractivity contribution in [3.63, 3.8) is 0 Å². The summed E-state index contributed by atoms with van der Waals surface area (Å²) in [4.78, 5) is 36.8. The number of nitrogens with zero attached hydrogens (tertiary/aromatic N) is 3. The molecule has 0 saturated heterocycles. The van der Waals surface area contributed by atoms with Crippen molar-refractivity contribution in [2.75, 3.05) is 0 Å². The second-order valence-electron chi connectivity index (χ2n) is 4.81. The monoisotopic (exact) mass is 344 g/mol. The molecule has 0 saturated carbocycles. The van der Waals surface area contributed by atoms with Gasteiger partial charge >= 0.3 is 5.97 Å². The lowest BCUT2D eigenvalue weighted by atomic mass is 10.1. The largest absolute Gasteiger partial charge is 0.380 e. The number of amidine groups is 1. The smallest absolute Gasteiger partial charge is 0.339 e.